The highest BCUT2D eigenvalue weighted by atomic mass is 35.5. The number of ether oxygens (including phenoxy) is 1. The van der Waals surface area contributed by atoms with Crippen molar-refractivity contribution in [2.45, 2.75) is 13.5 Å². The summed E-state index contributed by atoms with van der Waals surface area (Å²) in [5.74, 6) is 0.799. The second-order valence-electron chi connectivity index (χ2n) is 4.94. The molecule has 0 saturated heterocycles. The standard InChI is InChI=1S/C17H15ClN2O/c1-11-8-14(19)6-7-16(11)21-10-13-9-12-4-2-3-5-15(12)20-17(13)18/h2-9H,10,19H2,1H3. The van der Waals surface area contributed by atoms with Crippen molar-refractivity contribution < 1.29 is 4.74 Å². The third-order valence-electron chi connectivity index (χ3n) is 3.33. The van der Waals surface area contributed by atoms with Crippen molar-refractivity contribution in [2.24, 2.45) is 0 Å². The van der Waals surface area contributed by atoms with Crippen LogP contribution in [0.25, 0.3) is 10.9 Å². The summed E-state index contributed by atoms with van der Waals surface area (Å²) in [6, 6.07) is 15.5. The largest absolute Gasteiger partial charge is 0.489 e. The molecule has 0 spiro atoms. The van der Waals surface area contributed by atoms with Crippen LogP contribution < -0.4 is 10.5 Å². The molecule has 2 N–H and O–H groups in total. The molecule has 0 saturated carbocycles. The molecule has 0 aliphatic carbocycles. The van der Waals surface area contributed by atoms with Crippen molar-refractivity contribution in [3.05, 3.63) is 64.8 Å². The summed E-state index contributed by atoms with van der Waals surface area (Å²) in [6.45, 7) is 2.34. The van der Waals surface area contributed by atoms with Crippen LogP contribution in [0.3, 0.4) is 0 Å². The highest BCUT2D eigenvalue weighted by Crippen LogP contribution is 2.24. The lowest BCUT2D eigenvalue weighted by Gasteiger charge is -2.11. The number of aromatic nitrogens is 1. The Balaban J connectivity index is 1.86. The summed E-state index contributed by atoms with van der Waals surface area (Å²) in [4.78, 5) is 4.39. The molecule has 0 fully saturated rings. The minimum absolute atomic E-state index is 0.376. The van der Waals surface area contributed by atoms with Crippen molar-refractivity contribution in [1.29, 1.82) is 0 Å². The molecule has 0 radical (unpaired) electrons. The summed E-state index contributed by atoms with van der Waals surface area (Å²) in [6.07, 6.45) is 0. The summed E-state index contributed by atoms with van der Waals surface area (Å²) in [7, 11) is 0. The molecule has 3 rings (SSSR count). The van der Waals surface area contributed by atoms with Gasteiger partial charge in [0.15, 0.2) is 0 Å². The molecule has 21 heavy (non-hydrogen) atoms. The fourth-order valence-corrected chi connectivity index (χ4v) is 2.43. The zero-order chi connectivity index (χ0) is 14.8. The molecule has 3 aromatic rings. The molecule has 1 aromatic heterocycles. The first-order valence-electron chi connectivity index (χ1n) is 6.66. The van der Waals surface area contributed by atoms with E-state index in [1.54, 1.807) is 0 Å². The Kier molecular flexibility index (Phi) is 3.67. The van der Waals surface area contributed by atoms with Gasteiger partial charge >= 0.3 is 0 Å². The van der Waals surface area contributed by atoms with Crippen LogP contribution in [0, 0.1) is 6.92 Å². The molecule has 0 amide bonds. The summed E-state index contributed by atoms with van der Waals surface area (Å²) in [5.41, 5.74) is 9.21. The van der Waals surface area contributed by atoms with Gasteiger partial charge in [-0.2, -0.15) is 0 Å². The molecule has 4 heteroatoms. The summed E-state index contributed by atoms with van der Waals surface area (Å²) in [5, 5.41) is 1.52. The van der Waals surface area contributed by atoms with E-state index in [9.17, 15) is 0 Å². The zero-order valence-electron chi connectivity index (χ0n) is 11.6. The van der Waals surface area contributed by atoms with Crippen LogP contribution in [0.2, 0.25) is 5.15 Å². The lowest BCUT2D eigenvalue weighted by molar-refractivity contribution is 0.304. The molecule has 1 heterocycles. The Morgan fingerprint density at radius 1 is 1.14 bits per heavy atom. The van der Waals surface area contributed by atoms with E-state index in [1.807, 2.05) is 55.5 Å². The van der Waals surface area contributed by atoms with Gasteiger partial charge in [-0.05, 0) is 42.8 Å². The van der Waals surface area contributed by atoms with Gasteiger partial charge in [0.25, 0.3) is 0 Å². The number of hydrogen-bond acceptors (Lipinski definition) is 3. The third kappa shape index (κ3) is 2.93. The van der Waals surface area contributed by atoms with Crippen LogP contribution in [0.1, 0.15) is 11.1 Å². The maximum Gasteiger partial charge on any atom is 0.136 e. The van der Waals surface area contributed by atoms with Crippen molar-refractivity contribution in [1.82, 2.24) is 4.98 Å². The van der Waals surface area contributed by atoms with Crippen LogP contribution in [-0.2, 0) is 6.61 Å². The highest BCUT2D eigenvalue weighted by Gasteiger charge is 2.07. The SMILES string of the molecule is Cc1cc(N)ccc1OCc1cc2ccccc2nc1Cl. The first kappa shape index (κ1) is 13.7. The Hall–Kier alpha value is -2.26. The van der Waals surface area contributed by atoms with Gasteiger partial charge < -0.3 is 10.5 Å². The van der Waals surface area contributed by atoms with Gasteiger partial charge in [0.1, 0.15) is 17.5 Å². The van der Waals surface area contributed by atoms with Gasteiger partial charge in [-0.15, -0.1) is 0 Å². The lowest BCUT2D eigenvalue weighted by Crippen LogP contribution is -2.00. The second kappa shape index (κ2) is 5.62. The summed E-state index contributed by atoms with van der Waals surface area (Å²) >= 11 is 6.22. The van der Waals surface area contributed by atoms with Crippen molar-refractivity contribution in [3.63, 3.8) is 0 Å². The Labute approximate surface area is 128 Å². The first-order valence-corrected chi connectivity index (χ1v) is 7.04. The van der Waals surface area contributed by atoms with Gasteiger partial charge in [0.05, 0.1) is 5.52 Å². The predicted molar refractivity (Wildman–Crippen MR) is 86.7 cm³/mol. The second-order valence-corrected chi connectivity index (χ2v) is 5.30. The quantitative estimate of drug-likeness (QED) is 0.577. The Bertz CT molecular complexity index is 802. The smallest absolute Gasteiger partial charge is 0.136 e. The number of anilines is 1. The number of rotatable bonds is 3. The number of aryl methyl sites for hydroxylation is 1. The maximum atomic E-state index is 6.22. The molecule has 106 valence electrons. The van der Waals surface area contributed by atoms with Crippen molar-refractivity contribution >= 4 is 28.2 Å². The Morgan fingerprint density at radius 3 is 2.76 bits per heavy atom. The van der Waals surface area contributed by atoms with E-state index >= 15 is 0 Å². The van der Waals surface area contributed by atoms with Crippen LogP contribution in [-0.4, -0.2) is 4.98 Å². The van der Waals surface area contributed by atoms with E-state index in [4.69, 9.17) is 22.1 Å². The van der Waals surface area contributed by atoms with Gasteiger partial charge in [-0.25, -0.2) is 4.98 Å². The van der Waals surface area contributed by atoms with Crippen LogP contribution in [0.5, 0.6) is 5.75 Å². The number of nitrogen functional groups attached to an aromatic ring is 1. The fourth-order valence-electron chi connectivity index (χ4n) is 2.23. The average molecular weight is 299 g/mol. The lowest BCUT2D eigenvalue weighted by atomic mass is 10.1. The molecular formula is C17H15ClN2O. The molecule has 2 aromatic carbocycles. The molecule has 0 aliphatic heterocycles. The molecular weight excluding hydrogens is 284 g/mol. The first-order chi connectivity index (χ1) is 10.1. The monoisotopic (exact) mass is 298 g/mol. The van der Waals surface area contributed by atoms with Gasteiger partial charge in [-0.3, -0.25) is 0 Å². The van der Waals surface area contributed by atoms with E-state index in [1.165, 1.54) is 0 Å². The van der Waals surface area contributed by atoms with E-state index in [0.717, 1.165) is 33.5 Å². The van der Waals surface area contributed by atoms with E-state index in [0.29, 0.717) is 11.8 Å². The predicted octanol–water partition coefficient (Wildman–Crippen LogP) is 4.36. The van der Waals surface area contributed by atoms with E-state index in [-0.39, 0.29) is 0 Å². The molecule has 0 unspecified atom stereocenters. The number of hydrogen-bond donors (Lipinski definition) is 1. The van der Waals surface area contributed by atoms with Gasteiger partial charge in [0, 0.05) is 16.6 Å². The van der Waals surface area contributed by atoms with Crippen LogP contribution in [0.15, 0.2) is 48.5 Å². The number of nitrogens with two attached hydrogens (primary N) is 1. The highest BCUT2D eigenvalue weighted by molar-refractivity contribution is 6.30. The van der Waals surface area contributed by atoms with E-state index < -0.39 is 0 Å². The number of halogens is 1. The number of nitrogens with zero attached hydrogens (tertiary/aromatic N) is 1. The van der Waals surface area contributed by atoms with Crippen LogP contribution in [0.4, 0.5) is 5.69 Å². The van der Waals surface area contributed by atoms with Gasteiger partial charge in [-0.1, -0.05) is 29.8 Å². The number of para-hydroxylation sites is 1. The summed E-state index contributed by atoms with van der Waals surface area (Å²) < 4.78 is 5.83. The third-order valence-corrected chi connectivity index (χ3v) is 3.66. The molecule has 0 aliphatic rings. The fraction of sp³-hybridized carbons (Fsp3) is 0.118. The van der Waals surface area contributed by atoms with E-state index in [2.05, 4.69) is 4.98 Å². The van der Waals surface area contributed by atoms with Crippen molar-refractivity contribution in [3.8, 4) is 5.75 Å². The van der Waals surface area contributed by atoms with Gasteiger partial charge in [0.2, 0.25) is 0 Å². The maximum absolute atomic E-state index is 6.22. The molecule has 3 nitrogen and oxygen atoms in total. The Morgan fingerprint density at radius 2 is 1.95 bits per heavy atom. The number of pyridine rings is 1. The normalized spacial score (nSPS) is 10.8. The minimum atomic E-state index is 0.376. The number of benzene rings is 2. The zero-order valence-corrected chi connectivity index (χ0v) is 12.4. The average Bonchev–Trinajstić information content (AvgIpc) is 2.46. The van der Waals surface area contributed by atoms with Crippen LogP contribution >= 0.6 is 11.6 Å². The molecule has 0 bridgehead atoms. The minimum Gasteiger partial charge on any atom is -0.489 e. The molecule has 0 atom stereocenters. The number of fused-ring (bicyclic) bond motifs is 1. The topological polar surface area (TPSA) is 48.1 Å². The van der Waals surface area contributed by atoms with Crippen molar-refractivity contribution in [2.75, 3.05) is 5.73 Å².